The van der Waals surface area contributed by atoms with Crippen molar-refractivity contribution in [2.75, 3.05) is 0 Å². The Morgan fingerprint density at radius 2 is 1.12 bits per heavy atom. The summed E-state index contributed by atoms with van der Waals surface area (Å²) in [6.07, 6.45) is 18.4. The van der Waals surface area contributed by atoms with E-state index in [0.717, 1.165) is 12.8 Å². The minimum atomic E-state index is -0.124. The molecule has 152 valence electrons. The summed E-state index contributed by atoms with van der Waals surface area (Å²) < 4.78 is 0. The molecule has 0 saturated heterocycles. The van der Waals surface area contributed by atoms with Gasteiger partial charge in [0.05, 0.1) is 0 Å². The highest BCUT2D eigenvalue weighted by Gasteiger charge is 2.27. The first-order valence-corrected chi connectivity index (χ1v) is 11.0. The van der Waals surface area contributed by atoms with Crippen molar-refractivity contribution in [3.05, 3.63) is 35.4 Å². The molecular formula is C24H44ClN. The minimum Gasteiger partial charge on any atom is -0.321 e. The number of aryl methyl sites for hydroxylation is 1. The maximum atomic E-state index is 7.00. The van der Waals surface area contributed by atoms with Gasteiger partial charge in [0.1, 0.15) is 0 Å². The van der Waals surface area contributed by atoms with E-state index in [4.69, 9.17) is 5.73 Å². The lowest BCUT2D eigenvalue weighted by Gasteiger charge is -2.32. The van der Waals surface area contributed by atoms with E-state index >= 15 is 0 Å². The Bertz CT molecular complexity index is 428. The Labute approximate surface area is 169 Å². The molecule has 2 N–H and O–H groups in total. The fourth-order valence-electron chi connectivity index (χ4n) is 3.97. The summed E-state index contributed by atoms with van der Waals surface area (Å²) in [6, 6.07) is 8.78. The zero-order valence-corrected chi connectivity index (χ0v) is 18.5. The van der Waals surface area contributed by atoms with Gasteiger partial charge >= 0.3 is 0 Å². The molecule has 26 heavy (non-hydrogen) atoms. The summed E-state index contributed by atoms with van der Waals surface area (Å²) in [5.41, 5.74) is 9.63. The lowest BCUT2D eigenvalue weighted by atomic mass is 9.79. The van der Waals surface area contributed by atoms with Gasteiger partial charge in [-0.05, 0) is 30.9 Å². The van der Waals surface area contributed by atoms with Gasteiger partial charge in [0.25, 0.3) is 0 Å². The van der Waals surface area contributed by atoms with Crippen LogP contribution in [0.4, 0.5) is 0 Å². The maximum absolute atomic E-state index is 7.00. The van der Waals surface area contributed by atoms with Crippen molar-refractivity contribution < 1.29 is 0 Å². The summed E-state index contributed by atoms with van der Waals surface area (Å²) in [5.74, 6) is 0. The van der Waals surface area contributed by atoms with Gasteiger partial charge < -0.3 is 5.73 Å². The molecule has 1 rings (SSSR count). The summed E-state index contributed by atoms with van der Waals surface area (Å²) in [5, 5.41) is 0. The normalized spacial score (nSPS) is 11.4. The van der Waals surface area contributed by atoms with Gasteiger partial charge in [-0.25, -0.2) is 0 Å². The second kappa shape index (κ2) is 15.5. The SMILES string of the molecule is CCCCCCCCC(N)(CCCCCCCC)c1ccccc1C.Cl. The van der Waals surface area contributed by atoms with E-state index in [1.54, 1.807) is 0 Å². The van der Waals surface area contributed by atoms with Crippen molar-refractivity contribution in [1.82, 2.24) is 0 Å². The third-order valence-electron chi connectivity index (χ3n) is 5.63. The lowest BCUT2D eigenvalue weighted by molar-refractivity contribution is 0.342. The molecule has 1 nitrogen and oxygen atoms in total. The number of hydrogen-bond acceptors (Lipinski definition) is 1. The van der Waals surface area contributed by atoms with Crippen LogP contribution in [0.5, 0.6) is 0 Å². The van der Waals surface area contributed by atoms with Crippen LogP contribution in [0.15, 0.2) is 24.3 Å². The Balaban J connectivity index is 0.00000625. The monoisotopic (exact) mass is 381 g/mol. The van der Waals surface area contributed by atoms with Gasteiger partial charge in [-0.2, -0.15) is 0 Å². The number of unbranched alkanes of at least 4 members (excludes halogenated alkanes) is 10. The summed E-state index contributed by atoms with van der Waals surface area (Å²) in [4.78, 5) is 0. The Morgan fingerprint density at radius 1 is 0.692 bits per heavy atom. The van der Waals surface area contributed by atoms with E-state index in [-0.39, 0.29) is 17.9 Å². The molecule has 0 fully saturated rings. The van der Waals surface area contributed by atoms with Crippen LogP contribution >= 0.6 is 12.4 Å². The molecule has 0 heterocycles. The Hall–Kier alpha value is -0.530. The molecule has 0 radical (unpaired) electrons. The van der Waals surface area contributed by atoms with Crippen LogP contribution < -0.4 is 5.73 Å². The molecule has 0 aromatic heterocycles. The molecule has 1 aromatic rings. The predicted molar refractivity (Wildman–Crippen MR) is 120 cm³/mol. The largest absolute Gasteiger partial charge is 0.321 e. The third kappa shape index (κ3) is 9.97. The van der Waals surface area contributed by atoms with E-state index in [0.29, 0.717) is 0 Å². The molecule has 2 heteroatoms. The van der Waals surface area contributed by atoms with Gasteiger partial charge in [-0.3, -0.25) is 0 Å². The van der Waals surface area contributed by atoms with E-state index in [9.17, 15) is 0 Å². The topological polar surface area (TPSA) is 26.0 Å². The Kier molecular flexibility index (Phi) is 15.2. The molecule has 0 aliphatic carbocycles. The average Bonchev–Trinajstić information content (AvgIpc) is 2.61. The van der Waals surface area contributed by atoms with Gasteiger partial charge in [0, 0.05) is 5.54 Å². The molecule has 0 amide bonds. The molecule has 0 spiro atoms. The molecule has 0 saturated carbocycles. The van der Waals surface area contributed by atoms with Crippen LogP contribution in [0, 0.1) is 6.92 Å². The van der Waals surface area contributed by atoms with Gasteiger partial charge in [0.15, 0.2) is 0 Å². The van der Waals surface area contributed by atoms with Crippen molar-refractivity contribution >= 4 is 12.4 Å². The number of rotatable bonds is 15. The van der Waals surface area contributed by atoms with Crippen molar-refractivity contribution in [3.63, 3.8) is 0 Å². The molecular weight excluding hydrogens is 338 g/mol. The van der Waals surface area contributed by atoms with E-state index in [1.807, 2.05) is 0 Å². The van der Waals surface area contributed by atoms with Crippen LogP contribution in [0.1, 0.15) is 115 Å². The first kappa shape index (κ1) is 25.5. The minimum absolute atomic E-state index is 0. The molecule has 0 unspecified atom stereocenters. The van der Waals surface area contributed by atoms with Crippen LogP contribution in [-0.2, 0) is 5.54 Å². The smallest absolute Gasteiger partial charge is 0.0412 e. The average molecular weight is 382 g/mol. The zero-order valence-electron chi connectivity index (χ0n) is 17.7. The van der Waals surface area contributed by atoms with Crippen molar-refractivity contribution in [1.29, 1.82) is 0 Å². The van der Waals surface area contributed by atoms with Gasteiger partial charge in [0.2, 0.25) is 0 Å². The number of nitrogens with two attached hydrogens (primary N) is 1. The van der Waals surface area contributed by atoms with Crippen molar-refractivity contribution in [3.8, 4) is 0 Å². The number of halogens is 1. The highest BCUT2D eigenvalue weighted by Crippen LogP contribution is 2.33. The van der Waals surface area contributed by atoms with Gasteiger partial charge in [-0.15, -0.1) is 12.4 Å². The molecule has 0 atom stereocenters. The van der Waals surface area contributed by atoms with Crippen molar-refractivity contribution in [2.45, 2.75) is 116 Å². The highest BCUT2D eigenvalue weighted by molar-refractivity contribution is 5.85. The first-order chi connectivity index (χ1) is 12.1. The second-order valence-electron chi connectivity index (χ2n) is 8.01. The standard InChI is InChI=1S/C24H43N.ClH/c1-4-6-8-10-12-16-20-24(25,21-17-13-11-9-7-5-2)23-19-15-14-18-22(23)3;/h14-15,18-19H,4-13,16-17,20-21,25H2,1-3H3;1H. The highest BCUT2D eigenvalue weighted by atomic mass is 35.5. The molecule has 1 aromatic carbocycles. The summed E-state index contributed by atoms with van der Waals surface area (Å²) in [7, 11) is 0. The first-order valence-electron chi connectivity index (χ1n) is 11.0. The van der Waals surface area contributed by atoms with E-state index in [1.165, 1.54) is 88.2 Å². The van der Waals surface area contributed by atoms with Gasteiger partial charge in [-0.1, -0.05) is 115 Å². The quantitative estimate of drug-likeness (QED) is 0.305. The van der Waals surface area contributed by atoms with E-state index in [2.05, 4.69) is 45.0 Å². The number of hydrogen-bond donors (Lipinski definition) is 1. The molecule has 0 bridgehead atoms. The Morgan fingerprint density at radius 3 is 1.58 bits per heavy atom. The van der Waals surface area contributed by atoms with Crippen LogP contribution in [0.3, 0.4) is 0 Å². The lowest BCUT2D eigenvalue weighted by Crippen LogP contribution is -2.37. The van der Waals surface area contributed by atoms with Crippen LogP contribution in [-0.4, -0.2) is 0 Å². The zero-order chi connectivity index (χ0) is 18.4. The molecule has 0 aliphatic rings. The fraction of sp³-hybridized carbons (Fsp3) is 0.750. The fourth-order valence-corrected chi connectivity index (χ4v) is 3.97. The third-order valence-corrected chi connectivity index (χ3v) is 5.63. The maximum Gasteiger partial charge on any atom is 0.0412 e. The molecule has 0 aliphatic heterocycles. The summed E-state index contributed by atoms with van der Waals surface area (Å²) >= 11 is 0. The summed E-state index contributed by atoms with van der Waals surface area (Å²) in [6.45, 7) is 6.78. The van der Waals surface area contributed by atoms with Crippen molar-refractivity contribution in [2.24, 2.45) is 5.73 Å². The van der Waals surface area contributed by atoms with Crippen LogP contribution in [0.25, 0.3) is 0 Å². The second-order valence-corrected chi connectivity index (χ2v) is 8.01. The number of benzene rings is 1. The van der Waals surface area contributed by atoms with Crippen LogP contribution in [0.2, 0.25) is 0 Å². The van der Waals surface area contributed by atoms with E-state index < -0.39 is 0 Å². The predicted octanol–water partition coefficient (Wildman–Crippen LogP) is 8.07.